The van der Waals surface area contributed by atoms with Crippen molar-refractivity contribution in [2.75, 3.05) is 4.72 Å². The summed E-state index contributed by atoms with van der Waals surface area (Å²) < 4.78 is 27.9. The summed E-state index contributed by atoms with van der Waals surface area (Å²) in [5, 5.41) is 15.8. The number of aromatic nitrogens is 3. The van der Waals surface area contributed by atoms with Gasteiger partial charge in [-0.1, -0.05) is 17.3 Å². The molecule has 0 aliphatic heterocycles. The molecule has 2 N–H and O–H groups in total. The fourth-order valence-electron chi connectivity index (χ4n) is 1.75. The highest BCUT2D eigenvalue weighted by molar-refractivity contribution is 7.92. The summed E-state index contributed by atoms with van der Waals surface area (Å²) in [5.41, 5.74) is 1.42. The van der Waals surface area contributed by atoms with Gasteiger partial charge in [0, 0.05) is 0 Å². The quantitative estimate of drug-likeness (QED) is 0.843. The maximum absolute atomic E-state index is 12.3. The monoisotopic (exact) mass is 310 g/mol. The third-order valence-electron chi connectivity index (χ3n) is 2.71. The van der Waals surface area contributed by atoms with E-state index in [1.807, 2.05) is 6.07 Å². The number of carbonyl (C=O) groups is 1. The second-order valence-electron chi connectivity index (χ2n) is 4.57. The molecule has 0 fully saturated rings. The number of nitrogens with one attached hydrogen (secondary N) is 1. The van der Waals surface area contributed by atoms with Crippen molar-refractivity contribution in [3.63, 3.8) is 0 Å². The largest absolute Gasteiger partial charge is 0.480 e. The van der Waals surface area contributed by atoms with Crippen LogP contribution in [0.4, 0.5) is 5.82 Å². The zero-order chi connectivity index (χ0) is 15.6. The molecule has 0 saturated heterocycles. The summed E-state index contributed by atoms with van der Waals surface area (Å²) in [6.07, 6.45) is 1.22. The van der Waals surface area contributed by atoms with E-state index in [1.54, 1.807) is 26.0 Å². The lowest BCUT2D eigenvalue weighted by Crippen LogP contribution is -2.14. The van der Waals surface area contributed by atoms with Crippen LogP contribution in [-0.2, 0) is 21.4 Å². The lowest BCUT2D eigenvalue weighted by atomic mass is 10.2. The number of benzene rings is 1. The third-order valence-corrected chi connectivity index (χ3v) is 4.20. The van der Waals surface area contributed by atoms with Gasteiger partial charge in [-0.25, -0.2) is 13.1 Å². The van der Waals surface area contributed by atoms with E-state index in [4.69, 9.17) is 5.11 Å². The highest BCUT2D eigenvalue weighted by Crippen LogP contribution is 2.19. The first-order chi connectivity index (χ1) is 9.78. The van der Waals surface area contributed by atoms with Crippen LogP contribution < -0.4 is 4.72 Å². The van der Waals surface area contributed by atoms with E-state index < -0.39 is 22.5 Å². The number of nitrogens with zero attached hydrogens (tertiary/aromatic N) is 3. The first-order valence-electron chi connectivity index (χ1n) is 6.00. The third kappa shape index (κ3) is 3.57. The smallest absolute Gasteiger partial charge is 0.325 e. The Balaban J connectivity index is 2.27. The summed E-state index contributed by atoms with van der Waals surface area (Å²) in [6.45, 7) is 3.09. The lowest BCUT2D eigenvalue weighted by Gasteiger charge is -2.08. The Morgan fingerprint density at radius 2 is 2.10 bits per heavy atom. The van der Waals surface area contributed by atoms with Gasteiger partial charge in [0.25, 0.3) is 10.0 Å². The molecular weight excluding hydrogens is 296 g/mol. The molecule has 8 nitrogen and oxygen atoms in total. The van der Waals surface area contributed by atoms with Crippen LogP contribution in [0.5, 0.6) is 0 Å². The molecule has 1 heterocycles. The molecule has 0 amide bonds. The van der Waals surface area contributed by atoms with Gasteiger partial charge in [0.1, 0.15) is 6.54 Å². The van der Waals surface area contributed by atoms with Crippen LogP contribution in [0.2, 0.25) is 0 Å². The van der Waals surface area contributed by atoms with Crippen molar-refractivity contribution in [3.05, 3.63) is 35.5 Å². The second-order valence-corrected chi connectivity index (χ2v) is 6.22. The Kier molecular flexibility index (Phi) is 3.94. The number of carboxylic acids is 1. The number of aliphatic carboxylic acids is 1. The lowest BCUT2D eigenvalue weighted by molar-refractivity contribution is -0.137. The second kappa shape index (κ2) is 5.52. The van der Waals surface area contributed by atoms with Gasteiger partial charge in [0.05, 0.1) is 11.1 Å². The van der Waals surface area contributed by atoms with Crippen LogP contribution in [0.3, 0.4) is 0 Å². The van der Waals surface area contributed by atoms with E-state index in [0.717, 1.165) is 10.2 Å². The topological polar surface area (TPSA) is 114 Å². The van der Waals surface area contributed by atoms with Crippen molar-refractivity contribution in [1.29, 1.82) is 0 Å². The van der Waals surface area contributed by atoms with Gasteiger partial charge >= 0.3 is 5.97 Å². The van der Waals surface area contributed by atoms with E-state index in [1.165, 1.54) is 6.20 Å². The molecule has 21 heavy (non-hydrogen) atoms. The Hall–Kier alpha value is -2.42. The summed E-state index contributed by atoms with van der Waals surface area (Å²) >= 11 is 0. The molecule has 0 aliphatic carbocycles. The van der Waals surface area contributed by atoms with Gasteiger partial charge in [0.2, 0.25) is 0 Å². The van der Waals surface area contributed by atoms with Crippen molar-refractivity contribution in [2.45, 2.75) is 25.3 Å². The first-order valence-corrected chi connectivity index (χ1v) is 7.48. The molecule has 112 valence electrons. The van der Waals surface area contributed by atoms with Gasteiger partial charge in [-0.05, 0) is 31.0 Å². The van der Waals surface area contributed by atoms with Crippen molar-refractivity contribution in [3.8, 4) is 0 Å². The Morgan fingerprint density at radius 3 is 2.76 bits per heavy atom. The minimum Gasteiger partial charge on any atom is -0.480 e. The van der Waals surface area contributed by atoms with Crippen LogP contribution in [0, 0.1) is 13.8 Å². The molecule has 0 spiro atoms. The molecule has 2 rings (SSSR count). The standard InChI is InChI=1S/C12H14N4O4S/c1-8-3-4-9(2)10(5-8)21(19,20)14-11-6-16(15-13-11)7-12(17)18/h3-6,14H,7H2,1-2H3,(H,17,18). The Morgan fingerprint density at radius 1 is 1.38 bits per heavy atom. The molecule has 0 radical (unpaired) electrons. The molecule has 1 aromatic carbocycles. The molecule has 0 atom stereocenters. The van der Waals surface area contributed by atoms with Gasteiger partial charge < -0.3 is 5.11 Å². The van der Waals surface area contributed by atoms with Crippen LogP contribution in [-0.4, -0.2) is 34.5 Å². The number of hydrogen-bond acceptors (Lipinski definition) is 5. The van der Waals surface area contributed by atoms with E-state index in [0.29, 0.717) is 5.56 Å². The van der Waals surface area contributed by atoms with Crippen LogP contribution in [0.1, 0.15) is 11.1 Å². The number of anilines is 1. The predicted molar refractivity (Wildman–Crippen MR) is 74.4 cm³/mol. The van der Waals surface area contributed by atoms with Crippen LogP contribution in [0.15, 0.2) is 29.3 Å². The van der Waals surface area contributed by atoms with Gasteiger partial charge in [-0.2, -0.15) is 0 Å². The summed E-state index contributed by atoms with van der Waals surface area (Å²) in [7, 11) is -3.79. The normalized spacial score (nSPS) is 11.3. The molecular formula is C12H14N4O4S. The van der Waals surface area contributed by atoms with Crippen LogP contribution in [0.25, 0.3) is 0 Å². The maximum Gasteiger partial charge on any atom is 0.325 e. The van der Waals surface area contributed by atoms with Gasteiger partial charge in [0.15, 0.2) is 5.82 Å². The average molecular weight is 310 g/mol. The Labute approximate surface area is 121 Å². The van der Waals surface area contributed by atoms with Crippen molar-refractivity contribution < 1.29 is 18.3 Å². The maximum atomic E-state index is 12.3. The zero-order valence-electron chi connectivity index (χ0n) is 11.4. The molecule has 0 aliphatic rings. The van der Waals surface area contributed by atoms with E-state index in [-0.39, 0.29) is 10.7 Å². The molecule has 0 saturated carbocycles. The summed E-state index contributed by atoms with van der Waals surface area (Å²) in [4.78, 5) is 10.7. The average Bonchev–Trinajstić information content (AvgIpc) is 2.77. The van der Waals surface area contributed by atoms with Crippen molar-refractivity contribution in [1.82, 2.24) is 15.0 Å². The zero-order valence-corrected chi connectivity index (χ0v) is 12.3. The van der Waals surface area contributed by atoms with Gasteiger partial charge in [-0.3, -0.25) is 9.52 Å². The minimum absolute atomic E-state index is 0.0304. The van der Waals surface area contributed by atoms with Crippen LogP contribution >= 0.6 is 0 Å². The fourth-order valence-corrected chi connectivity index (χ4v) is 3.06. The molecule has 0 unspecified atom stereocenters. The van der Waals surface area contributed by atoms with Crippen molar-refractivity contribution >= 4 is 21.8 Å². The number of sulfonamides is 1. The minimum atomic E-state index is -3.79. The molecule has 9 heteroatoms. The highest BCUT2D eigenvalue weighted by atomic mass is 32.2. The summed E-state index contributed by atoms with van der Waals surface area (Å²) in [6, 6.07) is 5.09. The summed E-state index contributed by atoms with van der Waals surface area (Å²) in [5.74, 6) is -1.12. The molecule has 2 aromatic rings. The number of carboxylic acid groups (broad SMARTS) is 1. The van der Waals surface area contributed by atoms with E-state index in [2.05, 4.69) is 15.0 Å². The SMILES string of the molecule is Cc1ccc(C)c(S(=O)(=O)Nc2cn(CC(=O)O)nn2)c1. The highest BCUT2D eigenvalue weighted by Gasteiger charge is 2.18. The number of hydrogen-bond donors (Lipinski definition) is 2. The van der Waals surface area contributed by atoms with E-state index >= 15 is 0 Å². The fraction of sp³-hybridized carbons (Fsp3) is 0.250. The Bertz CT molecular complexity index is 782. The first kappa shape index (κ1) is 15.0. The molecule has 1 aromatic heterocycles. The van der Waals surface area contributed by atoms with E-state index in [9.17, 15) is 13.2 Å². The van der Waals surface area contributed by atoms with Crippen molar-refractivity contribution in [2.24, 2.45) is 0 Å². The number of aryl methyl sites for hydroxylation is 2. The predicted octanol–water partition coefficient (Wildman–Crippen LogP) is 0.780. The number of rotatable bonds is 5. The molecule has 0 bridgehead atoms. The van der Waals surface area contributed by atoms with Gasteiger partial charge in [-0.15, -0.1) is 5.10 Å².